The second-order valence-corrected chi connectivity index (χ2v) is 4.08. The summed E-state index contributed by atoms with van der Waals surface area (Å²) >= 11 is 0. The van der Waals surface area contributed by atoms with Crippen LogP contribution in [-0.2, 0) is 6.54 Å². The molecule has 1 amide bonds. The molecule has 0 aliphatic heterocycles. The van der Waals surface area contributed by atoms with E-state index in [0.717, 1.165) is 0 Å². The van der Waals surface area contributed by atoms with E-state index in [-0.39, 0.29) is 0 Å². The van der Waals surface area contributed by atoms with E-state index in [0.29, 0.717) is 34.9 Å². The molecule has 0 aromatic carbocycles. The average molecular weight is 273 g/mol. The molecule has 0 fully saturated rings. The van der Waals surface area contributed by atoms with E-state index in [2.05, 4.69) is 15.0 Å². The molecule has 3 heterocycles. The highest BCUT2D eigenvalue weighted by Gasteiger charge is 2.12. The first kappa shape index (κ1) is 12.1. The lowest BCUT2D eigenvalue weighted by Gasteiger charge is -2.00. The molecule has 9 nitrogen and oxygen atoms in total. The highest BCUT2D eigenvalue weighted by molar-refractivity contribution is 5.93. The number of carbonyl (C=O) groups is 1. The molecule has 0 radical (unpaired) electrons. The van der Waals surface area contributed by atoms with Crippen LogP contribution in [0, 0.1) is 0 Å². The first-order valence-electron chi connectivity index (χ1n) is 5.68. The lowest BCUT2D eigenvalue weighted by atomic mass is 10.3. The van der Waals surface area contributed by atoms with Gasteiger partial charge in [-0.05, 0) is 6.07 Å². The molecule has 9 heteroatoms. The summed E-state index contributed by atoms with van der Waals surface area (Å²) in [4.78, 5) is 23.5. The first-order chi connectivity index (χ1) is 9.69. The molecule has 0 bridgehead atoms. The summed E-state index contributed by atoms with van der Waals surface area (Å²) in [6.07, 6.45) is 4.28. The Hall–Kier alpha value is -2.94. The number of hydrazine groups is 1. The highest BCUT2D eigenvalue weighted by Crippen LogP contribution is 2.16. The van der Waals surface area contributed by atoms with E-state index in [1.54, 1.807) is 17.0 Å². The van der Waals surface area contributed by atoms with Crippen LogP contribution in [0.25, 0.3) is 11.2 Å². The van der Waals surface area contributed by atoms with Crippen LogP contribution < -0.4 is 17.0 Å². The summed E-state index contributed by atoms with van der Waals surface area (Å²) < 4.78 is 7.05. The largest absolute Gasteiger partial charge is 0.467 e. The summed E-state index contributed by atoms with van der Waals surface area (Å²) in [7, 11) is 0. The Labute approximate surface area is 112 Å². The Morgan fingerprint density at radius 3 is 3.05 bits per heavy atom. The third kappa shape index (κ3) is 1.95. The molecule has 3 aromatic heterocycles. The Morgan fingerprint density at radius 1 is 1.40 bits per heavy atom. The van der Waals surface area contributed by atoms with Gasteiger partial charge in [-0.25, -0.2) is 20.8 Å². The molecule has 0 saturated heterocycles. The van der Waals surface area contributed by atoms with Gasteiger partial charge in [0.05, 0.1) is 18.4 Å². The van der Waals surface area contributed by atoms with Crippen molar-refractivity contribution in [2.24, 2.45) is 5.84 Å². The average Bonchev–Trinajstić information content (AvgIpc) is 3.07. The summed E-state index contributed by atoms with van der Waals surface area (Å²) in [6, 6.07) is 1.60. The number of imidazole rings is 1. The number of anilines is 1. The number of nitrogens with one attached hydrogen (secondary N) is 1. The van der Waals surface area contributed by atoms with Gasteiger partial charge in [0, 0.05) is 0 Å². The molecule has 0 spiro atoms. The van der Waals surface area contributed by atoms with Crippen LogP contribution in [-0.4, -0.2) is 25.4 Å². The van der Waals surface area contributed by atoms with Gasteiger partial charge < -0.3 is 14.7 Å². The number of furan rings is 1. The fourth-order valence-electron chi connectivity index (χ4n) is 1.85. The minimum Gasteiger partial charge on any atom is -0.467 e. The maximum absolute atomic E-state index is 11.3. The summed E-state index contributed by atoms with van der Waals surface area (Å²) in [6.45, 7) is 0.366. The zero-order valence-corrected chi connectivity index (χ0v) is 10.3. The van der Waals surface area contributed by atoms with E-state index < -0.39 is 5.91 Å². The molecule has 5 N–H and O–H groups in total. The number of hydrogen-bond donors (Lipinski definition) is 3. The standard InChI is InChI=1S/C11H11N7O2/c12-9-8-10(15-4-14-9)18(5-16-8)2-7-1-6(3-20-7)11(19)17-13/h1,3-5H,2,13H2,(H,17,19)(H2,12,14,15). The number of nitrogen functional groups attached to an aromatic ring is 2. The van der Waals surface area contributed by atoms with Gasteiger partial charge in [0.1, 0.15) is 23.9 Å². The number of amides is 1. The zero-order valence-electron chi connectivity index (χ0n) is 10.3. The van der Waals surface area contributed by atoms with Crippen LogP contribution in [0.3, 0.4) is 0 Å². The molecule has 3 rings (SSSR count). The summed E-state index contributed by atoms with van der Waals surface area (Å²) in [5, 5.41) is 0. The van der Waals surface area contributed by atoms with Crippen molar-refractivity contribution < 1.29 is 9.21 Å². The minimum absolute atomic E-state index is 0.316. The van der Waals surface area contributed by atoms with Gasteiger partial charge in [0.2, 0.25) is 0 Å². The fourth-order valence-corrected chi connectivity index (χ4v) is 1.85. The van der Waals surface area contributed by atoms with Gasteiger partial charge >= 0.3 is 0 Å². The molecule has 0 unspecified atom stereocenters. The van der Waals surface area contributed by atoms with Crippen molar-refractivity contribution in [2.75, 3.05) is 5.73 Å². The molecule has 0 saturated carbocycles. The normalized spacial score (nSPS) is 10.8. The number of carbonyl (C=O) groups excluding carboxylic acids is 1. The fraction of sp³-hybridized carbons (Fsp3) is 0.0909. The molecule has 102 valence electrons. The second-order valence-electron chi connectivity index (χ2n) is 4.08. The van der Waals surface area contributed by atoms with Crippen LogP contribution in [0.15, 0.2) is 29.4 Å². The lowest BCUT2D eigenvalue weighted by molar-refractivity contribution is 0.0953. The van der Waals surface area contributed by atoms with Crippen molar-refractivity contribution in [3.63, 3.8) is 0 Å². The quantitative estimate of drug-likeness (QED) is 0.337. The molecule has 0 aliphatic rings. The number of aromatic nitrogens is 4. The third-order valence-corrected chi connectivity index (χ3v) is 2.80. The van der Waals surface area contributed by atoms with E-state index >= 15 is 0 Å². The monoisotopic (exact) mass is 273 g/mol. The van der Waals surface area contributed by atoms with Gasteiger partial charge in [-0.1, -0.05) is 0 Å². The number of fused-ring (bicyclic) bond motifs is 1. The molecular formula is C11H11N7O2. The highest BCUT2D eigenvalue weighted by atomic mass is 16.3. The van der Waals surface area contributed by atoms with E-state index in [1.807, 2.05) is 5.43 Å². The Kier molecular flexibility index (Phi) is 2.80. The van der Waals surface area contributed by atoms with Crippen molar-refractivity contribution in [3.05, 3.63) is 36.3 Å². The van der Waals surface area contributed by atoms with Gasteiger partial charge in [-0.2, -0.15) is 0 Å². The molecular weight excluding hydrogens is 262 g/mol. The summed E-state index contributed by atoms with van der Waals surface area (Å²) in [5.74, 6) is 5.52. The van der Waals surface area contributed by atoms with Gasteiger partial charge in [0.15, 0.2) is 11.5 Å². The van der Waals surface area contributed by atoms with Crippen molar-refractivity contribution in [1.29, 1.82) is 0 Å². The molecule has 0 atom stereocenters. The summed E-state index contributed by atoms with van der Waals surface area (Å²) in [5.41, 5.74) is 9.21. The van der Waals surface area contributed by atoms with Gasteiger partial charge in [-0.15, -0.1) is 0 Å². The molecule has 3 aromatic rings. The maximum atomic E-state index is 11.3. The van der Waals surface area contributed by atoms with E-state index in [1.165, 1.54) is 12.6 Å². The molecule has 0 aliphatic carbocycles. The van der Waals surface area contributed by atoms with Crippen molar-refractivity contribution in [1.82, 2.24) is 24.9 Å². The number of hydrogen-bond acceptors (Lipinski definition) is 7. The lowest BCUT2D eigenvalue weighted by Crippen LogP contribution is -2.29. The SMILES string of the molecule is NNC(=O)c1coc(Cn2cnc3c(N)ncnc32)c1. The first-order valence-corrected chi connectivity index (χ1v) is 5.68. The number of nitrogens with zero attached hydrogens (tertiary/aromatic N) is 4. The molecule has 20 heavy (non-hydrogen) atoms. The predicted octanol–water partition coefficient (Wildman–Crippen LogP) is -0.347. The Balaban J connectivity index is 1.92. The van der Waals surface area contributed by atoms with Crippen LogP contribution in [0.4, 0.5) is 5.82 Å². The van der Waals surface area contributed by atoms with Crippen LogP contribution in [0.5, 0.6) is 0 Å². The zero-order chi connectivity index (χ0) is 14.1. The smallest absolute Gasteiger partial charge is 0.268 e. The minimum atomic E-state index is -0.415. The topological polar surface area (TPSA) is 138 Å². The van der Waals surface area contributed by atoms with Crippen LogP contribution in [0.2, 0.25) is 0 Å². The van der Waals surface area contributed by atoms with Crippen molar-refractivity contribution in [2.45, 2.75) is 6.54 Å². The number of rotatable bonds is 3. The predicted molar refractivity (Wildman–Crippen MR) is 69.2 cm³/mol. The van der Waals surface area contributed by atoms with Crippen molar-refractivity contribution in [3.8, 4) is 0 Å². The second kappa shape index (κ2) is 4.63. The number of nitrogens with two attached hydrogens (primary N) is 2. The Bertz CT molecular complexity index is 776. The van der Waals surface area contributed by atoms with Gasteiger partial charge in [-0.3, -0.25) is 10.2 Å². The van der Waals surface area contributed by atoms with E-state index in [9.17, 15) is 4.79 Å². The van der Waals surface area contributed by atoms with E-state index in [4.69, 9.17) is 16.0 Å². The van der Waals surface area contributed by atoms with Gasteiger partial charge in [0.25, 0.3) is 5.91 Å². The maximum Gasteiger partial charge on any atom is 0.268 e. The Morgan fingerprint density at radius 2 is 2.25 bits per heavy atom. The third-order valence-electron chi connectivity index (χ3n) is 2.80. The van der Waals surface area contributed by atoms with Crippen LogP contribution in [0.1, 0.15) is 16.1 Å². The van der Waals surface area contributed by atoms with Crippen LogP contribution >= 0.6 is 0 Å². The van der Waals surface area contributed by atoms with Crippen molar-refractivity contribution >= 4 is 22.9 Å².